The Labute approximate surface area is 146 Å². The minimum atomic E-state index is -0.294. The van der Waals surface area contributed by atoms with E-state index >= 15 is 0 Å². The van der Waals surface area contributed by atoms with Crippen LogP contribution >= 0.6 is 0 Å². The number of nitrogens with two attached hydrogens (primary N) is 1. The monoisotopic (exact) mass is 349 g/mol. The Hall–Kier alpha value is -2.48. The molecule has 0 unspecified atom stereocenters. The highest BCUT2D eigenvalue weighted by molar-refractivity contribution is 5.95. The maximum absolute atomic E-state index is 12.8. The van der Waals surface area contributed by atoms with Gasteiger partial charge in [-0.2, -0.15) is 0 Å². The van der Waals surface area contributed by atoms with Crippen LogP contribution in [0, 0.1) is 0 Å². The zero-order valence-corrected chi connectivity index (χ0v) is 14.3. The van der Waals surface area contributed by atoms with Crippen LogP contribution in [-0.4, -0.2) is 74.3 Å². The van der Waals surface area contributed by atoms with Crippen molar-refractivity contribution in [3.63, 3.8) is 0 Å². The molecule has 2 fully saturated rings. The number of hydrogen-bond acceptors (Lipinski definition) is 6. The third-order valence-electron chi connectivity index (χ3n) is 4.42. The van der Waals surface area contributed by atoms with Crippen LogP contribution in [0.15, 0.2) is 18.2 Å². The van der Waals surface area contributed by atoms with Crippen LogP contribution in [0.5, 0.6) is 11.5 Å². The Balaban J connectivity index is 1.71. The number of hydrogen-bond donors (Lipinski definition) is 1. The molecule has 2 N–H and O–H groups in total. The first-order valence-corrected chi connectivity index (χ1v) is 8.37. The molecule has 1 aromatic carbocycles. The van der Waals surface area contributed by atoms with Gasteiger partial charge in [0.2, 0.25) is 0 Å². The standard InChI is InChI=1S/C17H23N3O5/c1-23-14-4-3-12(9-15(14)24-8-2-5-18)16(21)19-6-7-20-13(10-19)11-25-17(20)22/h3-4,9,13H,2,5-8,10-11,18H2,1H3/t13-/m0/s1. The van der Waals surface area contributed by atoms with Gasteiger partial charge >= 0.3 is 6.09 Å². The highest BCUT2D eigenvalue weighted by Gasteiger charge is 2.38. The molecule has 2 aliphatic heterocycles. The first-order chi connectivity index (χ1) is 12.1. The second-order valence-electron chi connectivity index (χ2n) is 6.03. The topological polar surface area (TPSA) is 94.3 Å². The minimum Gasteiger partial charge on any atom is -0.493 e. The fourth-order valence-corrected chi connectivity index (χ4v) is 3.04. The largest absolute Gasteiger partial charge is 0.493 e. The third kappa shape index (κ3) is 3.63. The van der Waals surface area contributed by atoms with Gasteiger partial charge in [0.15, 0.2) is 11.5 Å². The number of rotatable bonds is 6. The van der Waals surface area contributed by atoms with Gasteiger partial charge in [-0.05, 0) is 31.2 Å². The van der Waals surface area contributed by atoms with E-state index in [9.17, 15) is 9.59 Å². The Morgan fingerprint density at radius 1 is 1.36 bits per heavy atom. The average Bonchev–Trinajstić information content (AvgIpc) is 3.01. The van der Waals surface area contributed by atoms with E-state index in [0.29, 0.717) is 56.5 Å². The quantitative estimate of drug-likeness (QED) is 0.760. The summed E-state index contributed by atoms with van der Waals surface area (Å²) < 4.78 is 16.0. The van der Waals surface area contributed by atoms with E-state index in [2.05, 4.69) is 0 Å². The molecular formula is C17H23N3O5. The summed E-state index contributed by atoms with van der Waals surface area (Å²) in [6.45, 7) is 2.78. The van der Waals surface area contributed by atoms with Crippen LogP contribution in [0.3, 0.4) is 0 Å². The third-order valence-corrected chi connectivity index (χ3v) is 4.42. The van der Waals surface area contributed by atoms with Gasteiger partial charge in [-0.25, -0.2) is 4.79 Å². The van der Waals surface area contributed by atoms with Gasteiger partial charge in [-0.1, -0.05) is 0 Å². The van der Waals surface area contributed by atoms with Crippen molar-refractivity contribution in [3.8, 4) is 11.5 Å². The van der Waals surface area contributed by atoms with Crippen LogP contribution in [0.4, 0.5) is 4.79 Å². The summed E-state index contributed by atoms with van der Waals surface area (Å²) in [6.07, 6.45) is 0.427. The van der Waals surface area contributed by atoms with E-state index in [1.165, 1.54) is 0 Å². The molecule has 0 saturated carbocycles. The summed E-state index contributed by atoms with van der Waals surface area (Å²) in [5, 5.41) is 0. The van der Waals surface area contributed by atoms with Crippen molar-refractivity contribution in [2.45, 2.75) is 12.5 Å². The van der Waals surface area contributed by atoms with Crippen LogP contribution in [-0.2, 0) is 4.74 Å². The SMILES string of the molecule is COc1ccc(C(=O)N2CCN3C(=O)OC[C@@H]3C2)cc1OCCCN. The summed E-state index contributed by atoms with van der Waals surface area (Å²) in [6, 6.07) is 5.08. The fraction of sp³-hybridized carbons (Fsp3) is 0.529. The second kappa shape index (κ2) is 7.60. The Kier molecular flexibility index (Phi) is 5.28. The molecule has 0 bridgehead atoms. The molecule has 3 rings (SSSR count). The molecule has 8 heteroatoms. The summed E-state index contributed by atoms with van der Waals surface area (Å²) in [5.41, 5.74) is 6.01. The number of amides is 2. The number of carbonyl (C=O) groups is 2. The summed E-state index contributed by atoms with van der Waals surface area (Å²) in [4.78, 5) is 27.8. The first-order valence-electron chi connectivity index (χ1n) is 8.37. The smallest absolute Gasteiger partial charge is 0.410 e. The molecule has 1 aromatic rings. The van der Waals surface area contributed by atoms with Gasteiger partial charge in [0.1, 0.15) is 6.61 Å². The van der Waals surface area contributed by atoms with E-state index in [0.717, 1.165) is 6.42 Å². The lowest BCUT2D eigenvalue weighted by Gasteiger charge is -2.35. The molecule has 2 aliphatic rings. The maximum atomic E-state index is 12.8. The molecule has 136 valence electrons. The molecule has 2 heterocycles. The van der Waals surface area contributed by atoms with Crippen LogP contribution < -0.4 is 15.2 Å². The van der Waals surface area contributed by atoms with Crippen molar-refractivity contribution < 1.29 is 23.8 Å². The number of ether oxygens (including phenoxy) is 3. The first kappa shape index (κ1) is 17.3. The van der Waals surface area contributed by atoms with E-state index < -0.39 is 0 Å². The van der Waals surface area contributed by atoms with Gasteiger partial charge < -0.3 is 24.8 Å². The van der Waals surface area contributed by atoms with Crippen LogP contribution in [0.25, 0.3) is 0 Å². The Morgan fingerprint density at radius 3 is 2.96 bits per heavy atom. The van der Waals surface area contributed by atoms with Crippen molar-refractivity contribution in [1.82, 2.24) is 9.80 Å². The molecule has 0 aliphatic carbocycles. The van der Waals surface area contributed by atoms with Crippen molar-refractivity contribution in [1.29, 1.82) is 0 Å². The van der Waals surface area contributed by atoms with Crippen molar-refractivity contribution >= 4 is 12.0 Å². The molecular weight excluding hydrogens is 326 g/mol. The van der Waals surface area contributed by atoms with Gasteiger partial charge in [0, 0.05) is 25.2 Å². The summed E-state index contributed by atoms with van der Waals surface area (Å²) in [7, 11) is 1.56. The predicted octanol–water partition coefficient (Wildman–Crippen LogP) is 0.699. The normalized spacial score (nSPS) is 19.4. The predicted molar refractivity (Wildman–Crippen MR) is 89.9 cm³/mol. The zero-order valence-electron chi connectivity index (χ0n) is 14.3. The van der Waals surface area contributed by atoms with Crippen molar-refractivity contribution in [2.24, 2.45) is 5.73 Å². The molecule has 8 nitrogen and oxygen atoms in total. The number of benzene rings is 1. The lowest BCUT2D eigenvalue weighted by molar-refractivity contribution is 0.0616. The van der Waals surface area contributed by atoms with Crippen molar-refractivity contribution in [2.75, 3.05) is 46.5 Å². The number of methoxy groups -OCH3 is 1. The number of cyclic esters (lactones) is 1. The van der Waals surface area contributed by atoms with Gasteiger partial charge in [0.05, 0.1) is 19.8 Å². The molecule has 25 heavy (non-hydrogen) atoms. The number of carbonyl (C=O) groups excluding carboxylic acids is 2. The van der Waals surface area contributed by atoms with Crippen LogP contribution in [0.2, 0.25) is 0 Å². The number of fused-ring (bicyclic) bond motifs is 1. The molecule has 2 amide bonds. The fourth-order valence-electron chi connectivity index (χ4n) is 3.04. The lowest BCUT2D eigenvalue weighted by Crippen LogP contribution is -2.53. The second-order valence-corrected chi connectivity index (χ2v) is 6.03. The molecule has 2 saturated heterocycles. The van der Waals surface area contributed by atoms with Crippen molar-refractivity contribution in [3.05, 3.63) is 23.8 Å². The van der Waals surface area contributed by atoms with E-state index in [4.69, 9.17) is 19.9 Å². The van der Waals surface area contributed by atoms with Crippen LogP contribution in [0.1, 0.15) is 16.8 Å². The molecule has 1 atom stereocenters. The summed E-state index contributed by atoms with van der Waals surface area (Å²) >= 11 is 0. The highest BCUT2D eigenvalue weighted by atomic mass is 16.6. The highest BCUT2D eigenvalue weighted by Crippen LogP contribution is 2.29. The van der Waals surface area contributed by atoms with Gasteiger partial charge in [0.25, 0.3) is 5.91 Å². The Bertz CT molecular complexity index is 651. The summed E-state index contributed by atoms with van der Waals surface area (Å²) in [5.74, 6) is 1.01. The molecule has 0 aromatic heterocycles. The van der Waals surface area contributed by atoms with E-state index in [1.807, 2.05) is 0 Å². The lowest BCUT2D eigenvalue weighted by atomic mass is 10.1. The van der Waals surface area contributed by atoms with E-state index in [1.54, 1.807) is 35.1 Å². The van der Waals surface area contributed by atoms with E-state index in [-0.39, 0.29) is 18.0 Å². The molecule has 0 radical (unpaired) electrons. The van der Waals surface area contributed by atoms with Gasteiger partial charge in [-0.3, -0.25) is 9.69 Å². The maximum Gasteiger partial charge on any atom is 0.410 e. The average molecular weight is 349 g/mol. The Morgan fingerprint density at radius 2 is 2.20 bits per heavy atom. The zero-order chi connectivity index (χ0) is 17.8. The minimum absolute atomic E-state index is 0.0660. The number of piperazine rings is 1. The number of nitrogens with zero attached hydrogens (tertiary/aromatic N) is 2. The molecule has 0 spiro atoms. The van der Waals surface area contributed by atoms with Gasteiger partial charge in [-0.15, -0.1) is 0 Å².